The number of hydrogen-bond acceptors (Lipinski definition) is 2. The summed E-state index contributed by atoms with van der Waals surface area (Å²) in [6.45, 7) is 3.53. The summed E-state index contributed by atoms with van der Waals surface area (Å²) in [7, 11) is 0. The minimum Gasteiger partial charge on any atom is -1.00 e. The molecule has 0 amide bonds. The Bertz CT molecular complexity index is 43.6. The minimum absolute atomic E-state index is 0. The molecule has 0 bridgehead atoms. The second kappa shape index (κ2) is 11.5. The fourth-order valence-corrected chi connectivity index (χ4v) is 0.413. The zero-order valence-electron chi connectivity index (χ0n) is 8.10. The summed E-state index contributed by atoms with van der Waals surface area (Å²) in [5.41, 5.74) is 0. The standard InChI is InChI=1S/C6H14O2.Mg.2H/c1-2-3-5-8-6-4-7;;;/h7H,2-6H2,1H3;;;/q;+2;2*-1. The second-order valence-electron chi connectivity index (χ2n) is 1.69. The van der Waals surface area contributed by atoms with Crippen LogP contribution in [0.3, 0.4) is 0 Å². The van der Waals surface area contributed by atoms with Crippen LogP contribution in [0, 0.1) is 0 Å². The maximum atomic E-state index is 8.24. The Morgan fingerprint density at radius 1 is 1.44 bits per heavy atom. The van der Waals surface area contributed by atoms with Crippen LogP contribution in [0.5, 0.6) is 0 Å². The summed E-state index contributed by atoms with van der Waals surface area (Å²) in [6, 6.07) is 0. The zero-order valence-corrected chi connectivity index (χ0v) is 7.51. The average molecular weight is 144 g/mol. The third-order valence-corrected chi connectivity index (χ3v) is 0.878. The van der Waals surface area contributed by atoms with Gasteiger partial charge in [0.1, 0.15) is 0 Å². The van der Waals surface area contributed by atoms with Crippen molar-refractivity contribution in [1.29, 1.82) is 0 Å². The third kappa shape index (κ3) is 12.0. The normalized spacial score (nSPS) is 8.67. The Morgan fingerprint density at radius 3 is 2.56 bits per heavy atom. The first-order valence-corrected chi connectivity index (χ1v) is 3.10. The molecule has 0 aromatic heterocycles. The first kappa shape index (κ1) is 12.4. The van der Waals surface area contributed by atoms with Gasteiger partial charge in [0, 0.05) is 6.61 Å². The number of aliphatic hydroxyl groups excluding tert-OH is 1. The Labute approximate surface area is 75.7 Å². The molecule has 0 aromatic carbocycles. The van der Waals surface area contributed by atoms with Crippen LogP contribution in [-0.2, 0) is 4.74 Å². The Morgan fingerprint density at radius 2 is 2.11 bits per heavy atom. The molecular weight excluding hydrogens is 128 g/mol. The quantitative estimate of drug-likeness (QED) is 0.453. The van der Waals surface area contributed by atoms with Gasteiger partial charge >= 0.3 is 23.1 Å². The summed E-state index contributed by atoms with van der Waals surface area (Å²) < 4.78 is 4.97. The fraction of sp³-hybridized carbons (Fsp3) is 1.00. The van der Waals surface area contributed by atoms with Crippen molar-refractivity contribution in [2.75, 3.05) is 19.8 Å². The van der Waals surface area contributed by atoms with Gasteiger partial charge in [0.25, 0.3) is 0 Å². The molecule has 1 N–H and O–H groups in total. The minimum atomic E-state index is 0. The van der Waals surface area contributed by atoms with E-state index in [1.54, 1.807) is 0 Å². The third-order valence-electron chi connectivity index (χ3n) is 0.878. The Balaban J connectivity index is -0.0000000817. The molecule has 0 fully saturated rings. The largest absolute Gasteiger partial charge is 2.00 e. The van der Waals surface area contributed by atoms with Gasteiger partial charge in [0.15, 0.2) is 0 Å². The Hall–Kier alpha value is 0.686. The van der Waals surface area contributed by atoms with Crippen molar-refractivity contribution in [2.24, 2.45) is 0 Å². The molecular formula is C6H16MgO2. The van der Waals surface area contributed by atoms with Crippen molar-refractivity contribution < 1.29 is 12.7 Å². The molecule has 0 aliphatic heterocycles. The second-order valence-corrected chi connectivity index (χ2v) is 1.69. The summed E-state index contributed by atoms with van der Waals surface area (Å²) in [6.07, 6.45) is 2.26. The van der Waals surface area contributed by atoms with E-state index in [-0.39, 0.29) is 32.5 Å². The molecule has 0 saturated heterocycles. The first-order valence-electron chi connectivity index (χ1n) is 3.10. The molecule has 0 aliphatic rings. The molecule has 3 heteroatoms. The molecule has 0 spiro atoms. The number of hydrogen-bond donors (Lipinski definition) is 1. The molecule has 0 radical (unpaired) electrons. The van der Waals surface area contributed by atoms with E-state index in [0.29, 0.717) is 6.61 Å². The molecule has 0 rings (SSSR count). The van der Waals surface area contributed by atoms with Gasteiger partial charge in [-0.15, -0.1) is 0 Å². The first-order chi connectivity index (χ1) is 3.91. The van der Waals surface area contributed by atoms with Gasteiger partial charge < -0.3 is 12.7 Å². The van der Waals surface area contributed by atoms with Crippen molar-refractivity contribution in [1.82, 2.24) is 0 Å². The zero-order chi connectivity index (χ0) is 6.24. The van der Waals surface area contributed by atoms with E-state index in [0.717, 1.165) is 19.4 Å². The van der Waals surface area contributed by atoms with E-state index < -0.39 is 0 Å². The molecule has 0 atom stereocenters. The molecule has 0 unspecified atom stereocenters. The predicted octanol–water partition coefficient (Wildman–Crippen LogP) is 0.640. The van der Waals surface area contributed by atoms with Crippen molar-refractivity contribution in [2.45, 2.75) is 19.8 Å². The summed E-state index contributed by atoms with van der Waals surface area (Å²) in [5, 5.41) is 8.24. The van der Waals surface area contributed by atoms with E-state index in [1.807, 2.05) is 0 Å². The van der Waals surface area contributed by atoms with Crippen LogP contribution in [0.2, 0.25) is 0 Å². The number of aliphatic hydroxyl groups is 1. The Kier molecular flexibility index (Phi) is 15.8. The van der Waals surface area contributed by atoms with Gasteiger partial charge in [-0.3, -0.25) is 0 Å². The van der Waals surface area contributed by atoms with Crippen molar-refractivity contribution >= 4 is 23.1 Å². The van der Waals surface area contributed by atoms with E-state index in [9.17, 15) is 0 Å². The molecule has 2 nitrogen and oxygen atoms in total. The van der Waals surface area contributed by atoms with Crippen LogP contribution < -0.4 is 0 Å². The van der Waals surface area contributed by atoms with E-state index in [4.69, 9.17) is 9.84 Å². The van der Waals surface area contributed by atoms with Crippen molar-refractivity contribution in [3.63, 3.8) is 0 Å². The smallest absolute Gasteiger partial charge is 1.00 e. The fourth-order valence-electron chi connectivity index (χ4n) is 0.413. The SMILES string of the molecule is CCCCOCCO.[H-].[H-].[Mg+2]. The van der Waals surface area contributed by atoms with Crippen LogP contribution in [-0.4, -0.2) is 48.0 Å². The van der Waals surface area contributed by atoms with Crippen LogP contribution >= 0.6 is 0 Å². The van der Waals surface area contributed by atoms with Crippen LogP contribution in [0.25, 0.3) is 0 Å². The van der Waals surface area contributed by atoms with Crippen LogP contribution in [0.15, 0.2) is 0 Å². The molecule has 0 aliphatic carbocycles. The van der Waals surface area contributed by atoms with Gasteiger partial charge in [-0.05, 0) is 6.42 Å². The van der Waals surface area contributed by atoms with Gasteiger partial charge in [-0.2, -0.15) is 0 Å². The van der Waals surface area contributed by atoms with E-state index in [1.165, 1.54) is 0 Å². The molecule has 54 valence electrons. The average Bonchev–Trinajstić information content (AvgIpc) is 1.81. The molecule has 9 heavy (non-hydrogen) atoms. The maximum absolute atomic E-state index is 8.24. The van der Waals surface area contributed by atoms with Gasteiger partial charge in [-0.1, -0.05) is 13.3 Å². The topological polar surface area (TPSA) is 29.5 Å². The van der Waals surface area contributed by atoms with E-state index in [2.05, 4.69) is 6.92 Å². The van der Waals surface area contributed by atoms with Gasteiger partial charge in [0.05, 0.1) is 13.2 Å². The summed E-state index contributed by atoms with van der Waals surface area (Å²) >= 11 is 0. The summed E-state index contributed by atoms with van der Waals surface area (Å²) in [4.78, 5) is 0. The molecule has 0 heterocycles. The van der Waals surface area contributed by atoms with Gasteiger partial charge in [0.2, 0.25) is 0 Å². The number of ether oxygens (including phenoxy) is 1. The van der Waals surface area contributed by atoms with Crippen molar-refractivity contribution in [3.05, 3.63) is 0 Å². The monoisotopic (exact) mass is 144 g/mol. The van der Waals surface area contributed by atoms with Crippen LogP contribution in [0.1, 0.15) is 22.6 Å². The van der Waals surface area contributed by atoms with Crippen molar-refractivity contribution in [3.8, 4) is 0 Å². The number of unbranched alkanes of at least 4 members (excludes halogenated alkanes) is 1. The maximum Gasteiger partial charge on any atom is 2.00 e. The van der Waals surface area contributed by atoms with Crippen LogP contribution in [0.4, 0.5) is 0 Å². The summed E-state index contributed by atoms with van der Waals surface area (Å²) in [5.74, 6) is 0. The predicted molar refractivity (Wildman–Crippen MR) is 40.8 cm³/mol. The number of rotatable bonds is 5. The molecule has 0 saturated carbocycles. The van der Waals surface area contributed by atoms with E-state index >= 15 is 0 Å². The van der Waals surface area contributed by atoms with Gasteiger partial charge in [-0.25, -0.2) is 0 Å². The molecule has 0 aromatic rings.